The van der Waals surface area contributed by atoms with E-state index in [2.05, 4.69) is 15.6 Å². The molecule has 9 nitrogen and oxygen atoms in total. The van der Waals surface area contributed by atoms with E-state index in [9.17, 15) is 14.0 Å². The Bertz CT molecular complexity index is 1300. The van der Waals surface area contributed by atoms with Gasteiger partial charge in [-0.05, 0) is 48.9 Å². The van der Waals surface area contributed by atoms with E-state index < -0.39 is 17.8 Å². The van der Waals surface area contributed by atoms with E-state index in [1.54, 1.807) is 37.3 Å². The van der Waals surface area contributed by atoms with Crippen LogP contribution in [-0.2, 0) is 27.4 Å². The molecule has 35 heavy (non-hydrogen) atoms. The lowest BCUT2D eigenvalue weighted by Crippen LogP contribution is -2.45. The van der Waals surface area contributed by atoms with Gasteiger partial charge in [0.05, 0.1) is 12.1 Å². The lowest BCUT2D eigenvalue weighted by molar-refractivity contribution is -0.143. The Kier molecular flexibility index (Phi) is 7.51. The first kappa shape index (κ1) is 24.1. The van der Waals surface area contributed by atoms with E-state index >= 15 is 0 Å². The van der Waals surface area contributed by atoms with E-state index in [-0.39, 0.29) is 25.5 Å². The van der Waals surface area contributed by atoms with Crippen molar-refractivity contribution in [2.45, 2.75) is 26.1 Å². The third-order valence-electron chi connectivity index (χ3n) is 5.49. The summed E-state index contributed by atoms with van der Waals surface area (Å²) in [6, 6.07) is 15.4. The highest BCUT2D eigenvalue weighted by molar-refractivity contribution is 5.88. The van der Waals surface area contributed by atoms with E-state index in [0.717, 1.165) is 0 Å². The maximum atomic E-state index is 13.7. The zero-order valence-electron chi connectivity index (χ0n) is 19.5. The second-order valence-corrected chi connectivity index (χ2v) is 8.02. The Balaban J connectivity index is 1.70. The first-order valence-corrected chi connectivity index (χ1v) is 11.1. The molecule has 10 heteroatoms. The fraction of sp³-hybridized carbons (Fsp3) is 0.280. The van der Waals surface area contributed by atoms with Crippen molar-refractivity contribution in [2.75, 3.05) is 20.3 Å². The average Bonchev–Trinajstić information content (AvgIpc) is 3.46. The topological polar surface area (TPSA) is 102 Å². The molecule has 0 spiro atoms. The number of ether oxygens (including phenoxy) is 1. The molecule has 1 N–H and O–H groups in total. The molecule has 2 heterocycles. The molecule has 0 saturated heterocycles. The number of amides is 2. The van der Waals surface area contributed by atoms with Crippen LogP contribution in [-0.4, -0.2) is 52.0 Å². The summed E-state index contributed by atoms with van der Waals surface area (Å²) in [6.45, 7) is 2.23. The Morgan fingerprint density at radius 2 is 1.91 bits per heavy atom. The largest absolute Gasteiger partial charge is 0.464 e. The molecule has 4 rings (SSSR count). The van der Waals surface area contributed by atoms with Crippen LogP contribution in [0.1, 0.15) is 23.1 Å². The van der Waals surface area contributed by atoms with Gasteiger partial charge in [-0.25, -0.2) is 9.07 Å². The number of benzene rings is 2. The van der Waals surface area contributed by atoms with E-state index in [1.807, 2.05) is 18.2 Å². The first-order valence-electron chi connectivity index (χ1n) is 11.1. The molecule has 0 aliphatic heterocycles. The molecule has 4 aromatic rings. The molecular formula is C25H26FN5O4. The fourth-order valence-electron chi connectivity index (χ4n) is 3.76. The summed E-state index contributed by atoms with van der Waals surface area (Å²) in [5.41, 5.74) is 2.00. The van der Waals surface area contributed by atoms with Gasteiger partial charge in [-0.1, -0.05) is 29.5 Å². The number of hydrogen-bond acceptors (Lipinski definition) is 6. The van der Waals surface area contributed by atoms with Gasteiger partial charge in [0.2, 0.25) is 5.91 Å². The predicted molar refractivity (Wildman–Crippen MR) is 126 cm³/mol. The van der Waals surface area contributed by atoms with Crippen molar-refractivity contribution in [1.29, 1.82) is 0 Å². The van der Waals surface area contributed by atoms with Crippen molar-refractivity contribution in [2.24, 2.45) is 0 Å². The van der Waals surface area contributed by atoms with E-state index in [0.29, 0.717) is 34.7 Å². The summed E-state index contributed by atoms with van der Waals surface area (Å²) >= 11 is 0. The Morgan fingerprint density at radius 1 is 1.14 bits per heavy atom. The molecule has 182 valence electrons. The molecule has 0 bridgehead atoms. The predicted octanol–water partition coefficient (Wildman–Crippen LogP) is 3.00. The van der Waals surface area contributed by atoms with Gasteiger partial charge >= 0.3 is 0 Å². The van der Waals surface area contributed by atoms with Crippen LogP contribution < -0.4 is 5.32 Å². The number of methoxy groups -OCH3 is 1. The van der Waals surface area contributed by atoms with Crippen LogP contribution in [0.15, 0.2) is 65.1 Å². The van der Waals surface area contributed by atoms with Gasteiger partial charge in [0.15, 0.2) is 6.04 Å². The normalized spacial score (nSPS) is 12.0. The van der Waals surface area contributed by atoms with Crippen molar-refractivity contribution in [1.82, 2.24) is 25.2 Å². The number of aryl methyl sites for hydroxylation is 1. The van der Waals surface area contributed by atoms with Crippen LogP contribution in [0.5, 0.6) is 0 Å². The second kappa shape index (κ2) is 10.9. The van der Waals surface area contributed by atoms with Gasteiger partial charge in [0, 0.05) is 20.2 Å². The number of halogens is 1. The van der Waals surface area contributed by atoms with Gasteiger partial charge in [-0.2, -0.15) is 0 Å². The zero-order valence-corrected chi connectivity index (χ0v) is 19.5. The smallest absolute Gasteiger partial charge is 0.250 e. The van der Waals surface area contributed by atoms with Crippen molar-refractivity contribution in [3.63, 3.8) is 0 Å². The molecule has 2 aromatic carbocycles. The highest BCUT2D eigenvalue weighted by Crippen LogP contribution is 2.26. The Morgan fingerprint density at radius 3 is 2.63 bits per heavy atom. The molecular weight excluding hydrogens is 453 g/mol. The van der Waals surface area contributed by atoms with Gasteiger partial charge in [-0.15, -0.1) is 5.10 Å². The molecule has 0 unspecified atom stereocenters. The zero-order chi connectivity index (χ0) is 24.8. The first-order chi connectivity index (χ1) is 17.0. The van der Waals surface area contributed by atoms with Crippen LogP contribution in [0.3, 0.4) is 0 Å². The lowest BCUT2D eigenvalue weighted by Gasteiger charge is -2.30. The molecule has 0 saturated carbocycles. The SMILES string of the molecule is COCCNC(=O)[C@@H](c1ccc(C)o1)N(Cc1ccc(F)cc1)C(=O)Cn1nnc2ccccc21. The van der Waals surface area contributed by atoms with Crippen LogP contribution >= 0.6 is 0 Å². The number of nitrogens with zero attached hydrogens (tertiary/aromatic N) is 4. The molecule has 0 fully saturated rings. The number of rotatable bonds is 10. The van der Waals surface area contributed by atoms with Crippen LogP contribution in [0, 0.1) is 12.7 Å². The standard InChI is InChI=1S/C25H26FN5O4/c1-17-7-12-22(35-17)24(25(33)27-13-14-34-2)30(15-18-8-10-19(26)11-9-18)23(32)16-31-21-6-4-3-5-20(21)28-29-31/h3-12,24H,13-16H2,1-2H3,(H,27,33)/t24-/m1/s1. The number of nitrogens with one attached hydrogen (secondary N) is 1. The monoisotopic (exact) mass is 479 g/mol. The summed E-state index contributed by atoms with van der Waals surface area (Å²) in [6.07, 6.45) is 0. The maximum Gasteiger partial charge on any atom is 0.250 e. The summed E-state index contributed by atoms with van der Waals surface area (Å²) < 4.78 is 25.8. The minimum atomic E-state index is -1.06. The lowest BCUT2D eigenvalue weighted by atomic mass is 10.1. The Labute approximate surface area is 201 Å². The molecule has 1 atom stereocenters. The van der Waals surface area contributed by atoms with Crippen LogP contribution in [0.2, 0.25) is 0 Å². The highest BCUT2D eigenvalue weighted by atomic mass is 19.1. The van der Waals surface area contributed by atoms with Crippen molar-refractivity contribution in [3.8, 4) is 0 Å². The number of fused-ring (bicyclic) bond motifs is 1. The quantitative estimate of drug-likeness (QED) is 0.351. The van der Waals surface area contributed by atoms with Gasteiger partial charge in [-0.3, -0.25) is 9.59 Å². The number of para-hydroxylation sites is 1. The van der Waals surface area contributed by atoms with Gasteiger partial charge < -0.3 is 19.4 Å². The number of carbonyl (C=O) groups excluding carboxylic acids is 2. The van der Waals surface area contributed by atoms with Crippen molar-refractivity contribution >= 4 is 22.8 Å². The molecule has 0 aliphatic carbocycles. The maximum absolute atomic E-state index is 13.7. The minimum absolute atomic E-state index is 0.0495. The molecule has 0 aliphatic rings. The molecule has 2 amide bonds. The van der Waals surface area contributed by atoms with Crippen LogP contribution in [0.4, 0.5) is 4.39 Å². The van der Waals surface area contributed by atoms with E-state index in [1.165, 1.54) is 28.8 Å². The number of aromatic nitrogens is 3. The number of carbonyl (C=O) groups is 2. The third-order valence-corrected chi connectivity index (χ3v) is 5.49. The molecule has 0 radical (unpaired) electrons. The Hall–Kier alpha value is -4.05. The summed E-state index contributed by atoms with van der Waals surface area (Å²) in [5, 5.41) is 11.0. The molecule has 2 aromatic heterocycles. The number of hydrogen-bond donors (Lipinski definition) is 1. The van der Waals surface area contributed by atoms with Crippen molar-refractivity contribution in [3.05, 3.63) is 83.6 Å². The summed E-state index contributed by atoms with van der Waals surface area (Å²) in [7, 11) is 1.53. The van der Waals surface area contributed by atoms with E-state index in [4.69, 9.17) is 9.15 Å². The van der Waals surface area contributed by atoms with Crippen molar-refractivity contribution < 1.29 is 23.1 Å². The average molecular weight is 480 g/mol. The van der Waals surface area contributed by atoms with Crippen LogP contribution in [0.25, 0.3) is 11.0 Å². The summed E-state index contributed by atoms with van der Waals surface area (Å²) in [5.74, 6) is -0.278. The number of furan rings is 1. The second-order valence-electron chi connectivity index (χ2n) is 8.02. The summed E-state index contributed by atoms with van der Waals surface area (Å²) in [4.78, 5) is 28.4. The van der Waals surface area contributed by atoms with Gasteiger partial charge in [0.1, 0.15) is 29.4 Å². The minimum Gasteiger partial charge on any atom is -0.464 e. The third kappa shape index (κ3) is 5.72. The fourth-order valence-corrected chi connectivity index (χ4v) is 3.76. The van der Waals surface area contributed by atoms with Gasteiger partial charge in [0.25, 0.3) is 5.91 Å². The highest BCUT2D eigenvalue weighted by Gasteiger charge is 2.34.